The molecule has 0 atom stereocenters. The van der Waals surface area contributed by atoms with Gasteiger partial charge in [0.15, 0.2) is 0 Å². The lowest BCUT2D eigenvalue weighted by molar-refractivity contribution is 0.0925. The number of H-pyrrole nitrogens is 1. The Hall–Kier alpha value is -2.43. The maximum absolute atomic E-state index is 12.3. The molecule has 2 aromatic rings. The van der Waals surface area contributed by atoms with Gasteiger partial charge in [-0.2, -0.15) is 5.10 Å². The number of nitrogens with zero attached hydrogens (tertiary/aromatic N) is 2. The van der Waals surface area contributed by atoms with Gasteiger partial charge in [0.2, 0.25) is 0 Å². The Labute approximate surface area is 103 Å². The monoisotopic (exact) mass is 241 g/mol. The van der Waals surface area contributed by atoms with Crippen molar-refractivity contribution in [3.05, 3.63) is 46.8 Å². The molecule has 18 heavy (non-hydrogen) atoms. The molecule has 90 valence electrons. The molecule has 1 aliphatic rings. The van der Waals surface area contributed by atoms with Gasteiger partial charge >= 0.3 is 0 Å². The molecule has 5 heteroatoms. The molecule has 0 saturated heterocycles. The topological polar surface area (TPSA) is 66.1 Å². The van der Waals surface area contributed by atoms with Crippen LogP contribution in [0.2, 0.25) is 0 Å². The highest BCUT2D eigenvalue weighted by molar-refractivity contribution is 6.34. The predicted octanol–water partition coefficient (Wildman–Crippen LogP) is 1.83. The van der Waals surface area contributed by atoms with Crippen molar-refractivity contribution in [1.29, 1.82) is 0 Å². The number of imide groups is 1. The molecule has 1 aromatic heterocycles. The first-order chi connectivity index (χ1) is 8.61. The number of aryl methyl sites for hydroxylation is 2. The van der Waals surface area contributed by atoms with E-state index in [-0.39, 0.29) is 11.8 Å². The standard InChI is InChI=1S/C13H11N3O2/c1-7-11(8(2)15-14-7)16-12(17)9-5-3-4-6-10(9)13(16)18/h3-6H,1-2H3,(H,14,15). The number of aromatic amines is 1. The number of nitrogens with one attached hydrogen (secondary N) is 1. The summed E-state index contributed by atoms with van der Waals surface area (Å²) >= 11 is 0. The van der Waals surface area contributed by atoms with Gasteiger partial charge in [-0.1, -0.05) is 12.1 Å². The second-order valence-electron chi connectivity index (χ2n) is 4.27. The maximum atomic E-state index is 12.3. The quantitative estimate of drug-likeness (QED) is 0.774. The zero-order valence-corrected chi connectivity index (χ0v) is 10.0. The number of amides is 2. The molecule has 1 aliphatic heterocycles. The number of anilines is 1. The number of benzene rings is 1. The summed E-state index contributed by atoms with van der Waals surface area (Å²) < 4.78 is 0. The number of fused-ring (bicyclic) bond motifs is 1. The van der Waals surface area contributed by atoms with Crippen molar-refractivity contribution in [1.82, 2.24) is 10.2 Å². The predicted molar refractivity (Wildman–Crippen MR) is 65.6 cm³/mol. The summed E-state index contributed by atoms with van der Waals surface area (Å²) in [7, 11) is 0. The van der Waals surface area contributed by atoms with Crippen LogP contribution in [0, 0.1) is 13.8 Å². The number of rotatable bonds is 1. The zero-order valence-electron chi connectivity index (χ0n) is 10.0. The lowest BCUT2D eigenvalue weighted by atomic mass is 10.1. The minimum Gasteiger partial charge on any atom is -0.280 e. The Bertz CT molecular complexity index is 618. The summed E-state index contributed by atoms with van der Waals surface area (Å²) in [5.41, 5.74) is 2.80. The Morgan fingerprint density at radius 3 is 2.06 bits per heavy atom. The van der Waals surface area contributed by atoms with Crippen molar-refractivity contribution in [2.75, 3.05) is 4.90 Å². The first-order valence-electron chi connectivity index (χ1n) is 5.60. The molecule has 3 rings (SSSR count). The van der Waals surface area contributed by atoms with Crippen molar-refractivity contribution < 1.29 is 9.59 Å². The number of carbonyl (C=O) groups excluding carboxylic acids is 2. The van der Waals surface area contributed by atoms with Crippen molar-refractivity contribution >= 4 is 17.5 Å². The lowest BCUT2D eigenvalue weighted by Crippen LogP contribution is -2.30. The van der Waals surface area contributed by atoms with Gasteiger partial charge in [0, 0.05) is 0 Å². The third-order valence-electron chi connectivity index (χ3n) is 3.11. The molecule has 2 heterocycles. The van der Waals surface area contributed by atoms with E-state index in [1.807, 2.05) is 0 Å². The van der Waals surface area contributed by atoms with E-state index in [4.69, 9.17) is 0 Å². The van der Waals surface area contributed by atoms with Gasteiger partial charge in [-0.05, 0) is 26.0 Å². The van der Waals surface area contributed by atoms with E-state index in [1.54, 1.807) is 38.1 Å². The van der Waals surface area contributed by atoms with Crippen molar-refractivity contribution in [2.24, 2.45) is 0 Å². The van der Waals surface area contributed by atoms with Gasteiger partial charge in [0.05, 0.1) is 28.2 Å². The van der Waals surface area contributed by atoms with Gasteiger partial charge < -0.3 is 0 Å². The van der Waals surface area contributed by atoms with Crippen LogP contribution < -0.4 is 4.90 Å². The van der Waals surface area contributed by atoms with E-state index in [2.05, 4.69) is 10.2 Å². The third-order valence-corrected chi connectivity index (χ3v) is 3.11. The average molecular weight is 241 g/mol. The molecule has 2 amide bonds. The van der Waals surface area contributed by atoms with Crippen molar-refractivity contribution in [3.63, 3.8) is 0 Å². The molecule has 0 aliphatic carbocycles. The zero-order chi connectivity index (χ0) is 12.9. The number of hydrogen-bond donors (Lipinski definition) is 1. The van der Waals surface area contributed by atoms with Crippen LogP contribution in [-0.2, 0) is 0 Å². The van der Waals surface area contributed by atoms with Crippen LogP contribution in [0.25, 0.3) is 0 Å². The lowest BCUT2D eigenvalue weighted by Gasteiger charge is -2.13. The van der Waals surface area contributed by atoms with Crippen LogP contribution in [0.5, 0.6) is 0 Å². The van der Waals surface area contributed by atoms with Crippen LogP contribution in [0.3, 0.4) is 0 Å². The van der Waals surface area contributed by atoms with Gasteiger partial charge in [-0.25, -0.2) is 4.90 Å². The minimum atomic E-state index is -0.289. The Balaban J connectivity index is 2.19. The summed E-state index contributed by atoms with van der Waals surface area (Å²) in [6.45, 7) is 3.56. The van der Waals surface area contributed by atoms with Gasteiger partial charge in [-0.3, -0.25) is 14.7 Å². The van der Waals surface area contributed by atoms with E-state index in [9.17, 15) is 9.59 Å². The van der Waals surface area contributed by atoms with E-state index in [0.29, 0.717) is 28.2 Å². The van der Waals surface area contributed by atoms with E-state index in [1.165, 1.54) is 4.90 Å². The SMILES string of the molecule is Cc1n[nH]c(C)c1N1C(=O)c2ccccc2C1=O. The third kappa shape index (κ3) is 1.24. The summed E-state index contributed by atoms with van der Waals surface area (Å²) in [6, 6.07) is 6.84. The number of carbonyl (C=O) groups is 2. The highest BCUT2D eigenvalue weighted by Crippen LogP contribution is 2.31. The molecular weight excluding hydrogens is 230 g/mol. The molecule has 0 fully saturated rings. The fourth-order valence-electron chi connectivity index (χ4n) is 2.27. The van der Waals surface area contributed by atoms with Crippen LogP contribution in [0.1, 0.15) is 32.1 Å². The second kappa shape index (κ2) is 3.53. The van der Waals surface area contributed by atoms with Crippen molar-refractivity contribution in [3.8, 4) is 0 Å². The summed E-state index contributed by atoms with van der Waals surface area (Å²) in [5, 5.41) is 6.81. The Morgan fingerprint density at radius 1 is 1.06 bits per heavy atom. The second-order valence-corrected chi connectivity index (χ2v) is 4.27. The summed E-state index contributed by atoms with van der Waals surface area (Å²) in [4.78, 5) is 25.7. The van der Waals surface area contributed by atoms with Crippen LogP contribution >= 0.6 is 0 Å². The molecule has 1 aromatic carbocycles. The highest BCUT2D eigenvalue weighted by atomic mass is 16.2. The molecule has 5 nitrogen and oxygen atoms in total. The maximum Gasteiger partial charge on any atom is 0.266 e. The molecular formula is C13H11N3O2. The smallest absolute Gasteiger partial charge is 0.266 e. The molecule has 0 spiro atoms. The number of aromatic nitrogens is 2. The van der Waals surface area contributed by atoms with E-state index in [0.717, 1.165) is 0 Å². The minimum absolute atomic E-state index is 0.289. The van der Waals surface area contributed by atoms with Gasteiger partial charge in [-0.15, -0.1) is 0 Å². The van der Waals surface area contributed by atoms with Crippen LogP contribution in [0.4, 0.5) is 5.69 Å². The average Bonchev–Trinajstić information content (AvgIpc) is 2.81. The molecule has 0 radical (unpaired) electrons. The van der Waals surface area contributed by atoms with E-state index < -0.39 is 0 Å². The molecule has 0 unspecified atom stereocenters. The van der Waals surface area contributed by atoms with Crippen LogP contribution in [-0.4, -0.2) is 22.0 Å². The van der Waals surface area contributed by atoms with Gasteiger partial charge in [0.1, 0.15) is 0 Å². The Kier molecular flexibility index (Phi) is 2.10. The Morgan fingerprint density at radius 2 is 1.61 bits per heavy atom. The fraction of sp³-hybridized carbons (Fsp3) is 0.154. The van der Waals surface area contributed by atoms with Crippen LogP contribution in [0.15, 0.2) is 24.3 Å². The highest BCUT2D eigenvalue weighted by Gasteiger charge is 2.38. The normalized spacial score (nSPS) is 14.2. The first-order valence-corrected chi connectivity index (χ1v) is 5.60. The van der Waals surface area contributed by atoms with E-state index >= 15 is 0 Å². The molecule has 0 bridgehead atoms. The number of hydrogen-bond acceptors (Lipinski definition) is 3. The molecule has 0 saturated carbocycles. The first kappa shape index (κ1) is 10.7. The van der Waals surface area contributed by atoms with Gasteiger partial charge in [0.25, 0.3) is 11.8 Å². The summed E-state index contributed by atoms with van der Waals surface area (Å²) in [5.74, 6) is -0.577. The summed E-state index contributed by atoms with van der Waals surface area (Å²) in [6.07, 6.45) is 0. The molecule has 1 N–H and O–H groups in total. The largest absolute Gasteiger partial charge is 0.280 e. The fourth-order valence-corrected chi connectivity index (χ4v) is 2.27. The van der Waals surface area contributed by atoms with Crippen molar-refractivity contribution in [2.45, 2.75) is 13.8 Å².